The van der Waals surface area contributed by atoms with E-state index >= 15 is 0 Å². The van der Waals surface area contributed by atoms with Gasteiger partial charge in [-0.3, -0.25) is 4.79 Å². The molecular weight excluding hydrogens is 283 g/mol. The number of anilines is 1. The summed E-state index contributed by atoms with van der Waals surface area (Å²) in [5, 5.41) is 3.25. The number of carbonyl (C=O) groups is 1. The number of hydrogen-bond acceptors (Lipinski definition) is 2. The van der Waals surface area contributed by atoms with E-state index in [9.17, 15) is 4.79 Å². The summed E-state index contributed by atoms with van der Waals surface area (Å²) in [7, 11) is 0. The lowest BCUT2D eigenvalue weighted by molar-refractivity contribution is 0.102. The number of aromatic nitrogens is 1. The third-order valence-electron chi connectivity index (χ3n) is 2.65. The molecule has 0 aliphatic carbocycles. The molecule has 0 atom stereocenters. The molecule has 0 saturated heterocycles. The predicted molar refractivity (Wildman–Crippen MR) is 78.0 cm³/mol. The number of nitrogens with zero attached hydrogens (tertiary/aromatic N) is 1. The van der Waals surface area contributed by atoms with Gasteiger partial charge in [-0.1, -0.05) is 42.3 Å². The molecule has 3 nitrogen and oxygen atoms in total. The van der Waals surface area contributed by atoms with Crippen LogP contribution in [0.5, 0.6) is 0 Å². The number of hydrogen-bond donors (Lipinski definition) is 1. The highest BCUT2D eigenvalue weighted by Crippen LogP contribution is 2.20. The van der Waals surface area contributed by atoms with E-state index in [0.29, 0.717) is 5.56 Å². The van der Waals surface area contributed by atoms with Crippen molar-refractivity contribution >= 4 is 34.8 Å². The van der Waals surface area contributed by atoms with Crippen molar-refractivity contribution in [3.05, 3.63) is 57.8 Å². The molecule has 0 bridgehead atoms. The highest BCUT2D eigenvalue weighted by atomic mass is 35.5. The van der Waals surface area contributed by atoms with Crippen LogP contribution in [-0.2, 0) is 6.42 Å². The Morgan fingerprint density at radius 2 is 2.11 bits per heavy atom. The molecule has 98 valence electrons. The van der Waals surface area contributed by atoms with Crippen LogP contribution in [0.15, 0.2) is 36.5 Å². The Bertz CT molecular complexity index is 614. The number of aryl methyl sites for hydroxylation is 1. The summed E-state index contributed by atoms with van der Waals surface area (Å²) < 4.78 is 0. The lowest BCUT2D eigenvalue weighted by Gasteiger charge is -2.07. The first-order valence-corrected chi connectivity index (χ1v) is 6.57. The van der Waals surface area contributed by atoms with Crippen LogP contribution in [0.3, 0.4) is 0 Å². The Balaban J connectivity index is 2.18. The summed E-state index contributed by atoms with van der Waals surface area (Å²) in [5.74, 6) is -0.265. The van der Waals surface area contributed by atoms with E-state index in [1.165, 1.54) is 12.3 Å². The molecule has 0 aliphatic rings. The SMILES string of the molecule is CCc1cccc(NC(=O)c2cnc(Cl)c(Cl)c2)c1. The van der Waals surface area contributed by atoms with Gasteiger partial charge in [-0.25, -0.2) is 4.98 Å². The van der Waals surface area contributed by atoms with E-state index in [2.05, 4.69) is 17.2 Å². The van der Waals surface area contributed by atoms with Crippen molar-refractivity contribution in [2.75, 3.05) is 5.32 Å². The maximum absolute atomic E-state index is 12.0. The maximum atomic E-state index is 12.0. The third kappa shape index (κ3) is 3.46. The first kappa shape index (κ1) is 13.8. The minimum Gasteiger partial charge on any atom is -0.322 e. The first-order valence-electron chi connectivity index (χ1n) is 5.81. The Hall–Kier alpha value is -1.58. The number of benzene rings is 1. The van der Waals surface area contributed by atoms with Gasteiger partial charge in [0.2, 0.25) is 0 Å². The van der Waals surface area contributed by atoms with E-state index in [0.717, 1.165) is 17.7 Å². The molecule has 19 heavy (non-hydrogen) atoms. The Kier molecular flexibility index (Phi) is 4.40. The lowest BCUT2D eigenvalue weighted by Crippen LogP contribution is -2.12. The van der Waals surface area contributed by atoms with Crippen molar-refractivity contribution in [1.82, 2.24) is 4.98 Å². The van der Waals surface area contributed by atoms with E-state index < -0.39 is 0 Å². The molecule has 2 aromatic rings. The average Bonchev–Trinajstić information content (AvgIpc) is 2.42. The number of pyridine rings is 1. The molecule has 0 radical (unpaired) electrons. The van der Waals surface area contributed by atoms with Crippen LogP contribution in [0.4, 0.5) is 5.69 Å². The van der Waals surface area contributed by atoms with E-state index in [1.807, 2.05) is 24.3 Å². The fourth-order valence-corrected chi connectivity index (χ4v) is 1.89. The summed E-state index contributed by atoms with van der Waals surface area (Å²) in [4.78, 5) is 15.9. The first-order chi connectivity index (χ1) is 9.10. The zero-order valence-corrected chi connectivity index (χ0v) is 11.8. The smallest absolute Gasteiger partial charge is 0.257 e. The average molecular weight is 295 g/mol. The minimum atomic E-state index is -0.265. The fourth-order valence-electron chi connectivity index (χ4n) is 1.62. The molecule has 0 unspecified atom stereocenters. The predicted octanol–water partition coefficient (Wildman–Crippen LogP) is 4.20. The Morgan fingerprint density at radius 3 is 2.79 bits per heavy atom. The van der Waals surface area contributed by atoms with Gasteiger partial charge < -0.3 is 5.32 Å². The minimum absolute atomic E-state index is 0.186. The van der Waals surface area contributed by atoms with Gasteiger partial charge in [0.05, 0.1) is 10.6 Å². The number of halogens is 2. The molecule has 2 rings (SSSR count). The molecule has 1 amide bonds. The summed E-state index contributed by atoms with van der Waals surface area (Å²) >= 11 is 11.5. The normalized spacial score (nSPS) is 10.3. The van der Waals surface area contributed by atoms with Gasteiger partial charge in [-0.05, 0) is 30.2 Å². The largest absolute Gasteiger partial charge is 0.322 e. The quantitative estimate of drug-likeness (QED) is 0.862. The van der Waals surface area contributed by atoms with Gasteiger partial charge in [0.25, 0.3) is 5.91 Å². The van der Waals surface area contributed by atoms with Crippen LogP contribution in [0.25, 0.3) is 0 Å². The van der Waals surface area contributed by atoms with Gasteiger partial charge in [0, 0.05) is 11.9 Å². The zero-order valence-electron chi connectivity index (χ0n) is 10.3. The second-order valence-corrected chi connectivity index (χ2v) is 4.77. The second-order valence-electron chi connectivity index (χ2n) is 4.00. The van der Waals surface area contributed by atoms with E-state index in [4.69, 9.17) is 23.2 Å². The van der Waals surface area contributed by atoms with Crippen LogP contribution in [0.1, 0.15) is 22.8 Å². The molecule has 1 aromatic carbocycles. The number of carbonyl (C=O) groups excluding carboxylic acids is 1. The van der Waals surface area contributed by atoms with E-state index in [-0.39, 0.29) is 16.1 Å². The standard InChI is InChI=1S/C14H12Cl2N2O/c1-2-9-4-3-5-11(6-9)18-14(19)10-7-12(15)13(16)17-8-10/h3-8H,2H2,1H3,(H,18,19). The number of rotatable bonds is 3. The maximum Gasteiger partial charge on any atom is 0.257 e. The van der Waals surface area contributed by atoms with Crippen molar-refractivity contribution in [1.29, 1.82) is 0 Å². The Morgan fingerprint density at radius 1 is 1.32 bits per heavy atom. The highest BCUT2D eigenvalue weighted by molar-refractivity contribution is 6.41. The van der Waals surface area contributed by atoms with Gasteiger partial charge >= 0.3 is 0 Å². The van der Waals surface area contributed by atoms with E-state index in [1.54, 1.807) is 0 Å². The molecule has 0 spiro atoms. The number of nitrogens with one attached hydrogen (secondary N) is 1. The molecule has 1 N–H and O–H groups in total. The monoisotopic (exact) mass is 294 g/mol. The van der Waals surface area contributed by atoms with Crippen LogP contribution in [0, 0.1) is 0 Å². The van der Waals surface area contributed by atoms with Crippen molar-refractivity contribution < 1.29 is 4.79 Å². The fraction of sp³-hybridized carbons (Fsp3) is 0.143. The summed E-state index contributed by atoms with van der Waals surface area (Å²) in [6.45, 7) is 2.06. The number of amides is 1. The molecule has 1 heterocycles. The van der Waals surface area contributed by atoms with Crippen LogP contribution < -0.4 is 5.32 Å². The van der Waals surface area contributed by atoms with Crippen LogP contribution in [-0.4, -0.2) is 10.9 Å². The summed E-state index contributed by atoms with van der Waals surface area (Å²) in [6, 6.07) is 9.18. The second kappa shape index (κ2) is 6.04. The van der Waals surface area contributed by atoms with Gasteiger partial charge in [-0.15, -0.1) is 0 Å². The van der Waals surface area contributed by atoms with Gasteiger partial charge in [0.1, 0.15) is 5.15 Å². The molecule has 0 fully saturated rings. The Labute approximate surface area is 121 Å². The van der Waals surface area contributed by atoms with Crippen LogP contribution in [0.2, 0.25) is 10.2 Å². The van der Waals surface area contributed by atoms with Crippen molar-refractivity contribution in [3.63, 3.8) is 0 Å². The highest BCUT2D eigenvalue weighted by Gasteiger charge is 2.09. The molecule has 1 aromatic heterocycles. The zero-order chi connectivity index (χ0) is 13.8. The lowest BCUT2D eigenvalue weighted by atomic mass is 10.1. The van der Waals surface area contributed by atoms with Crippen LogP contribution >= 0.6 is 23.2 Å². The molecule has 0 aliphatic heterocycles. The summed E-state index contributed by atoms with van der Waals surface area (Å²) in [5.41, 5.74) is 2.27. The van der Waals surface area contributed by atoms with Crippen molar-refractivity contribution in [2.24, 2.45) is 0 Å². The topological polar surface area (TPSA) is 42.0 Å². The van der Waals surface area contributed by atoms with Crippen molar-refractivity contribution in [3.8, 4) is 0 Å². The van der Waals surface area contributed by atoms with Crippen molar-refractivity contribution in [2.45, 2.75) is 13.3 Å². The summed E-state index contributed by atoms with van der Waals surface area (Å²) in [6.07, 6.45) is 2.31. The van der Waals surface area contributed by atoms with Gasteiger partial charge in [-0.2, -0.15) is 0 Å². The molecule has 0 saturated carbocycles. The van der Waals surface area contributed by atoms with Gasteiger partial charge in [0.15, 0.2) is 0 Å². The molecular formula is C14H12Cl2N2O. The molecule has 5 heteroatoms. The third-order valence-corrected chi connectivity index (χ3v) is 3.34.